The van der Waals surface area contributed by atoms with Gasteiger partial charge in [0.05, 0.1) is 12.8 Å². The Kier molecular flexibility index (Phi) is 4.63. The van der Waals surface area contributed by atoms with E-state index in [2.05, 4.69) is 5.32 Å². The maximum Gasteiger partial charge on any atom is 0.333 e. The predicted octanol–water partition coefficient (Wildman–Crippen LogP) is 4.24. The number of anilines is 1. The number of urea groups is 1. The summed E-state index contributed by atoms with van der Waals surface area (Å²) in [5, 5.41) is 3.08. The van der Waals surface area contributed by atoms with Crippen molar-refractivity contribution in [3.63, 3.8) is 0 Å². The van der Waals surface area contributed by atoms with Crippen LogP contribution in [0.5, 0.6) is 5.75 Å². The number of carbonyl (C=O) groups is 2. The molecule has 0 spiro atoms. The lowest BCUT2D eigenvalue weighted by Crippen LogP contribution is -2.30. The van der Waals surface area contributed by atoms with Crippen LogP contribution in [0.4, 0.5) is 10.5 Å². The van der Waals surface area contributed by atoms with E-state index in [9.17, 15) is 9.59 Å². The summed E-state index contributed by atoms with van der Waals surface area (Å²) in [5.74, 6) is 0.320. The zero-order chi connectivity index (χ0) is 19.7. The van der Waals surface area contributed by atoms with Gasteiger partial charge in [0.2, 0.25) is 0 Å². The fraction of sp³-hybridized carbons (Fsp3) is 0.0476. The van der Waals surface area contributed by atoms with Gasteiger partial charge >= 0.3 is 6.03 Å². The highest BCUT2D eigenvalue weighted by Crippen LogP contribution is 2.25. The van der Waals surface area contributed by atoms with Gasteiger partial charge in [0.1, 0.15) is 11.4 Å². The molecule has 28 heavy (non-hydrogen) atoms. The molecule has 1 saturated heterocycles. The highest BCUT2D eigenvalue weighted by molar-refractivity contribution is 6.32. The number of nitrogens with one attached hydrogen (secondary N) is 1. The number of methoxy groups -OCH3 is 1. The molecule has 1 fully saturated rings. The van der Waals surface area contributed by atoms with E-state index in [-0.39, 0.29) is 5.70 Å². The predicted molar refractivity (Wildman–Crippen MR) is 108 cm³/mol. The van der Waals surface area contributed by atoms with E-state index in [1.54, 1.807) is 37.5 Å². The van der Waals surface area contributed by atoms with E-state index >= 15 is 0 Å². The third-order valence-corrected chi connectivity index (χ3v) is 4.60. The van der Waals surface area contributed by atoms with Gasteiger partial charge < -0.3 is 14.6 Å². The van der Waals surface area contributed by atoms with Crippen LogP contribution in [0.25, 0.3) is 11.8 Å². The molecular formula is C21H16ClN3O3. The van der Waals surface area contributed by atoms with Gasteiger partial charge in [-0.1, -0.05) is 17.7 Å². The monoisotopic (exact) mass is 393 g/mol. The first-order valence-corrected chi connectivity index (χ1v) is 8.89. The Morgan fingerprint density at radius 2 is 1.79 bits per heavy atom. The van der Waals surface area contributed by atoms with Crippen LogP contribution in [0.15, 0.2) is 72.6 Å². The van der Waals surface area contributed by atoms with E-state index in [0.717, 1.165) is 22.0 Å². The molecule has 3 aromatic rings. The number of amides is 3. The van der Waals surface area contributed by atoms with E-state index < -0.39 is 11.9 Å². The fourth-order valence-electron chi connectivity index (χ4n) is 3.02. The van der Waals surface area contributed by atoms with Gasteiger partial charge in [0.15, 0.2) is 0 Å². The van der Waals surface area contributed by atoms with Gasteiger partial charge in [0, 0.05) is 22.6 Å². The van der Waals surface area contributed by atoms with Crippen LogP contribution in [-0.4, -0.2) is 23.6 Å². The van der Waals surface area contributed by atoms with Crippen molar-refractivity contribution in [2.24, 2.45) is 0 Å². The Morgan fingerprint density at radius 3 is 2.50 bits per heavy atom. The molecule has 4 rings (SSSR count). The molecule has 3 amide bonds. The van der Waals surface area contributed by atoms with Gasteiger partial charge in [-0.25, -0.2) is 9.69 Å². The molecule has 140 valence electrons. The summed E-state index contributed by atoms with van der Waals surface area (Å²) >= 11 is 5.98. The van der Waals surface area contributed by atoms with Crippen molar-refractivity contribution in [3.05, 3.63) is 83.3 Å². The largest absolute Gasteiger partial charge is 0.497 e. The van der Waals surface area contributed by atoms with Crippen LogP contribution in [-0.2, 0) is 4.79 Å². The van der Waals surface area contributed by atoms with Gasteiger partial charge in [-0.05, 0) is 60.7 Å². The second-order valence-electron chi connectivity index (χ2n) is 6.11. The fourth-order valence-corrected chi connectivity index (χ4v) is 3.21. The third kappa shape index (κ3) is 3.25. The minimum Gasteiger partial charge on any atom is -0.497 e. The van der Waals surface area contributed by atoms with E-state index in [4.69, 9.17) is 16.3 Å². The molecule has 1 aliphatic heterocycles. The lowest BCUT2D eigenvalue weighted by atomic mass is 10.2. The molecule has 0 bridgehead atoms. The number of benzene rings is 2. The van der Waals surface area contributed by atoms with Gasteiger partial charge in [-0.15, -0.1) is 0 Å². The molecule has 2 aromatic carbocycles. The van der Waals surface area contributed by atoms with Crippen LogP contribution < -0.4 is 15.0 Å². The van der Waals surface area contributed by atoms with Crippen molar-refractivity contribution in [2.75, 3.05) is 12.0 Å². The minimum atomic E-state index is -0.513. The second kappa shape index (κ2) is 7.25. The van der Waals surface area contributed by atoms with Crippen LogP contribution in [0.2, 0.25) is 5.02 Å². The number of rotatable bonds is 4. The Labute approximate surface area is 166 Å². The topological polar surface area (TPSA) is 63.6 Å². The molecule has 2 heterocycles. The Balaban J connectivity index is 1.66. The molecule has 1 aromatic heterocycles. The van der Waals surface area contributed by atoms with E-state index in [1.807, 2.05) is 47.2 Å². The highest BCUT2D eigenvalue weighted by Gasteiger charge is 2.35. The SMILES string of the molecule is COc1ccc(-n2cccc2/C=C2\NC(=O)N(c3cccc(Cl)c3)C2=O)cc1. The molecule has 0 unspecified atom stereocenters. The van der Waals surface area contributed by atoms with Crippen molar-refractivity contribution >= 4 is 35.3 Å². The molecule has 7 heteroatoms. The number of ether oxygens (including phenoxy) is 1. The Morgan fingerprint density at radius 1 is 1.00 bits per heavy atom. The number of hydrogen-bond donors (Lipinski definition) is 1. The highest BCUT2D eigenvalue weighted by atomic mass is 35.5. The lowest BCUT2D eigenvalue weighted by Gasteiger charge is -2.11. The average molecular weight is 394 g/mol. The molecule has 1 aliphatic rings. The van der Waals surface area contributed by atoms with Crippen molar-refractivity contribution < 1.29 is 14.3 Å². The number of imide groups is 1. The van der Waals surface area contributed by atoms with E-state index in [1.165, 1.54) is 0 Å². The standard InChI is InChI=1S/C21H16ClN3O3/c1-28-18-9-7-15(8-10-18)24-11-3-6-16(24)13-19-20(26)25(21(27)23-19)17-5-2-4-14(22)12-17/h2-13H,1H3,(H,23,27)/b19-13-. The number of aromatic nitrogens is 1. The third-order valence-electron chi connectivity index (χ3n) is 4.37. The molecule has 0 atom stereocenters. The van der Waals surface area contributed by atoms with Crippen molar-refractivity contribution in [1.82, 2.24) is 9.88 Å². The van der Waals surface area contributed by atoms with Crippen molar-refractivity contribution in [3.8, 4) is 11.4 Å². The number of carbonyl (C=O) groups excluding carboxylic acids is 2. The molecule has 0 saturated carbocycles. The molecular weight excluding hydrogens is 378 g/mol. The Bertz CT molecular complexity index is 1090. The quantitative estimate of drug-likeness (QED) is 0.532. The molecule has 6 nitrogen and oxygen atoms in total. The summed E-state index contributed by atoms with van der Waals surface area (Å²) < 4.78 is 7.09. The van der Waals surface area contributed by atoms with Crippen molar-refractivity contribution in [1.29, 1.82) is 0 Å². The first kappa shape index (κ1) is 17.9. The number of hydrogen-bond acceptors (Lipinski definition) is 3. The van der Waals surface area contributed by atoms with Gasteiger partial charge in [-0.2, -0.15) is 0 Å². The maximum atomic E-state index is 12.8. The summed E-state index contributed by atoms with van der Waals surface area (Å²) in [6, 6.07) is 17.4. The average Bonchev–Trinajstić information content (AvgIpc) is 3.26. The normalized spacial score (nSPS) is 15.2. The van der Waals surface area contributed by atoms with Gasteiger partial charge in [-0.3, -0.25) is 4.79 Å². The summed E-state index contributed by atoms with van der Waals surface area (Å²) in [5.41, 5.74) is 2.27. The van der Waals surface area contributed by atoms with Crippen LogP contribution in [0, 0.1) is 0 Å². The first-order chi connectivity index (χ1) is 13.6. The van der Waals surface area contributed by atoms with Crippen molar-refractivity contribution in [2.45, 2.75) is 0 Å². The molecule has 0 aliphatic carbocycles. The summed E-state index contributed by atoms with van der Waals surface area (Å²) in [4.78, 5) is 26.2. The smallest absolute Gasteiger partial charge is 0.333 e. The second-order valence-corrected chi connectivity index (χ2v) is 6.55. The zero-order valence-corrected chi connectivity index (χ0v) is 15.7. The summed E-state index contributed by atoms with van der Waals surface area (Å²) in [6.07, 6.45) is 3.53. The zero-order valence-electron chi connectivity index (χ0n) is 14.9. The molecule has 1 N–H and O–H groups in total. The van der Waals surface area contributed by atoms with Gasteiger partial charge in [0.25, 0.3) is 5.91 Å². The lowest BCUT2D eigenvalue weighted by molar-refractivity contribution is -0.113. The minimum absolute atomic E-state index is 0.193. The van der Waals surface area contributed by atoms with Crippen LogP contribution >= 0.6 is 11.6 Å². The molecule has 0 radical (unpaired) electrons. The first-order valence-electron chi connectivity index (χ1n) is 8.51. The maximum absolute atomic E-state index is 12.8. The Hall–Kier alpha value is -3.51. The van der Waals surface area contributed by atoms with Crippen LogP contribution in [0.1, 0.15) is 5.69 Å². The summed E-state index contributed by atoms with van der Waals surface area (Å²) in [6.45, 7) is 0. The summed E-state index contributed by atoms with van der Waals surface area (Å²) in [7, 11) is 1.61. The van der Waals surface area contributed by atoms with Crippen LogP contribution in [0.3, 0.4) is 0 Å². The van der Waals surface area contributed by atoms with E-state index in [0.29, 0.717) is 10.7 Å². The number of nitrogens with zero attached hydrogens (tertiary/aromatic N) is 2. The number of halogens is 1.